The summed E-state index contributed by atoms with van der Waals surface area (Å²) in [5.41, 5.74) is 2.40. The number of rotatable bonds is 3. The molecule has 1 amide bonds. The number of aryl methyl sites for hydroxylation is 1. The molecule has 3 rings (SSSR count). The van der Waals surface area contributed by atoms with E-state index in [0.29, 0.717) is 18.2 Å². The molecule has 5 heteroatoms. The Morgan fingerprint density at radius 3 is 3.32 bits per heavy atom. The Hall–Kier alpha value is -1.88. The first kappa shape index (κ1) is 12.2. The molecule has 0 aliphatic carbocycles. The van der Waals surface area contributed by atoms with Crippen molar-refractivity contribution in [1.82, 2.24) is 14.7 Å². The summed E-state index contributed by atoms with van der Waals surface area (Å²) >= 11 is 0. The second-order valence-electron chi connectivity index (χ2n) is 5.04. The van der Waals surface area contributed by atoms with Gasteiger partial charge < -0.3 is 14.5 Å². The number of nitrogens with zero attached hydrogens (tertiary/aromatic N) is 2. The number of imidazole rings is 1. The second-order valence-corrected chi connectivity index (χ2v) is 5.04. The molecule has 0 spiro atoms. The molecular weight excluding hydrogens is 242 g/mol. The fraction of sp³-hybridized carbons (Fsp3) is 0.429. The molecule has 1 atom stereocenters. The molecule has 1 fully saturated rings. The van der Waals surface area contributed by atoms with Crippen molar-refractivity contribution in [2.75, 3.05) is 19.8 Å². The third kappa shape index (κ3) is 2.61. The van der Waals surface area contributed by atoms with Crippen molar-refractivity contribution in [3.8, 4) is 0 Å². The van der Waals surface area contributed by atoms with Crippen LogP contribution < -0.4 is 5.32 Å². The fourth-order valence-corrected chi connectivity index (χ4v) is 2.27. The average Bonchev–Trinajstić information content (AvgIpc) is 3.04. The minimum Gasteiger partial charge on any atom is -0.381 e. The van der Waals surface area contributed by atoms with E-state index < -0.39 is 0 Å². The monoisotopic (exact) mass is 259 g/mol. The molecule has 0 radical (unpaired) electrons. The topological polar surface area (TPSA) is 55.6 Å². The lowest BCUT2D eigenvalue weighted by Crippen LogP contribution is -2.29. The highest BCUT2D eigenvalue weighted by Gasteiger charge is 2.17. The van der Waals surface area contributed by atoms with E-state index in [9.17, 15) is 4.79 Å². The maximum Gasteiger partial charge on any atom is 0.271 e. The standard InChI is InChI=1S/C14H17N3O2/c1-10-2-4-17-8-12(16-13(17)6-10)14(18)15-7-11-3-5-19-9-11/h2,4,6,8,11H,3,5,7,9H2,1H3,(H,15,18)/t11-/m1/s1. The quantitative estimate of drug-likeness (QED) is 0.906. The molecule has 5 nitrogen and oxygen atoms in total. The number of fused-ring (bicyclic) bond motifs is 1. The van der Waals surface area contributed by atoms with Crippen LogP contribution >= 0.6 is 0 Å². The fourth-order valence-electron chi connectivity index (χ4n) is 2.27. The van der Waals surface area contributed by atoms with Crippen molar-refractivity contribution in [3.63, 3.8) is 0 Å². The summed E-state index contributed by atoms with van der Waals surface area (Å²) in [6.07, 6.45) is 4.69. The third-order valence-corrected chi connectivity index (χ3v) is 3.42. The van der Waals surface area contributed by atoms with Gasteiger partial charge in [0.25, 0.3) is 5.91 Å². The van der Waals surface area contributed by atoms with Gasteiger partial charge in [0.15, 0.2) is 0 Å². The van der Waals surface area contributed by atoms with E-state index in [4.69, 9.17) is 4.74 Å². The molecule has 1 aliphatic rings. The summed E-state index contributed by atoms with van der Waals surface area (Å²) in [6, 6.07) is 3.95. The average molecular weight is 259 g/mol. The molecule has 1 N–H and O–H groups in total. The van der Waals surface area contributed by atoms with Gasteiger partial charge in [-0.05, 0) is 31.0 Å². The number of carbonyl (C=O) groups excluding carboxylic acids is 1. The van der Waals surface area contributed by atoms with Crippen LogP contribution in [0.1, 0.15) is 22.5 Å². The van der Waals surface area contributed by atoms with Crippen molar-refractivity contribution in [2.24, 2.45) is 5.92 Å². The number of hydrogen-bond acceptors (Lipinski definition) is 3. The number of amides is 1. The van der Waals surface area contributed by atoms with Gasteiger partial charge in [-0.15, -0.1) is 0 Å². The predicted octanol–water partition coefficient (Wildman–Crippen LogP) is 1.41. The van der Waals surface area contributed by atoms with Crippen molar-refractivity contribution in [1.29, 1.82) is 0 Å². The van der Waals surface area contributed by atoms with Gasteiger partial charge in [-0.25, -0.2) is 4.98 Å². The van der Waals surface area contributed by atoms with Crippen molar-refractivity contribution >= 4 is 11.6 Å². The van der Waals surface area contributed by atoms with Gasteiger partial charge in [-0.1, -0.05) is 0 Å². The lowest BCUT2D eigenvalue weighted by molar-refractivity contribution is 0.0940. The minimum atomic E-state index is -0.117. The van der Waals surface area contributed by atoms with Gasteiger partial charge in [0.05, 0.1) is 6.61 Å². The number of hydrogen-bond donors (Lipinski definition) is 1. The molecule has 0 unspecified atom stereocenters. The molecule has 3 heterocycles. The van der Waals surface area contributed by atoms with Crippen LogP contribution in [0.3, 0.4) is 0 Å². The van der Waals surface area contributed by atoms with E-state index in [1.54, 1.807) is 6.20 Å². The number of pyridine rings is 1. The lowest BCUT2D eigenvalue weighted by Gasteiger charge is -2.07. The minimum absolute atomic E-state index is 0.117. The van der Waals surface area contributed by atoms with E-state index in [0.717, 1.165) is 30.8 Å². The van der Waals surface area contributed by atoms with Crippen LogP contribution in [0.5, 0.6) is 0 Å². The van der Waals surface area contributed by atoms with Crippen LogP contribution in [-0.4, -0.2) is 35.1 Å². The Balaban J connectivity index is 1.70. The zero-order chi connectivity index (χ0) is 13.2. The summed E-state index contributed by atoms with van der Waals surface area (Å²) < 4.78 is 7.15. The molecule has 19 heavy (non-hydrogen) atoms. The lowest BCUT2D eigenvalue weighted by atomic mass is 10.1. The molecule has 2 aromatic heterocycles. The SMILES string of the molecule is Cc1ccn2cc(C(=O)NC[C@H]3CCOC3)nc2c1. The number of carbonyl (C=O) groups is 1. The van der Waals surface area contributed by atoms with Crippen LogP contribution in [0.15, 0.2) is 24.5 Å². The normalized spacial score (nSPS) is 18.9. The summed E-state index contributed by atoms with van der Waals surface area (Å²) in [5, 5.41) is 2.92. The first-order valence-electron chi connectivity index (χ1n) is 6.54. The van der Waals surface area contributed by atoms with Crippen LogP contribution in [-0.2, 0) is 4.74 Å². The Morgan fingerprint density at radius 1 is 1.63 bits per heavy atom. The van der Waals surface area contributed by atoms with Crippen molar-refractivity contribution in [2.45, 2.75) is 13.3 Å². The van der Waals surface area contributed by atoms with Gasteiger partial charge >= 0.3 is 0 Å². The van der Waals surface area contributed by atoms with E-state index >= 15 is 0 Å². The van der Waals surface area contributed by atoms with E-state index in [1.807, 2.05) is 29.7 Å². The van der Waals surface area contributed by atoms with E-state index in [-0.39, 0.29) is 5.91 Å². The predicted molar refractivity (Wildman–Crippen MR) is 71.2 cm³/mol. The van der Waals surface area contributed by atoms with Crippen LogP contribution in [0.4, 0.5) is 0 Å². The highest BCUT2D eigenvalue weighted by molar-refractivity contribution is 5.92. The van der Waals surface area contributed by atoms with Crippen LogP contribution in [0, 0.1) is 12.8 Å². The van der Waals surface area contributed by atoms with Crippen molar-refractivity contribution < 1.29 is 9.53 Å². The zero-order valence-electron chi connectivity index (χ0n) is 10.9. The maximum atomic E-state index is 12.0. The third-order valence-electron chi connectivity index (χ3n) is 3.42. The highest BCUT2D eigenvalue weighted by atomic mass is 16.5. The largest absolute Gasteiger partial charge is 0.381 e. The Morgan fingerprint density at radius 2 is 2.53 bits per heavy atom. The van der Waals surface area contributed by atoms with E-state index in [1.165, 1.54) is 0 Å². The molecule has 100 valence electrons. The van der Waals surface area contributed by atoms with Gasteiger partial charge in [-0.2, -0.15) is 0 Å². The first-order valence-corrected chi connectivity index (χ1v) is 6.54. The summed E-state index contributed by atoms with van der Waals surface area (Å²) in [4.78, 5) is 16.4. The van der Waals surface area contributed by atoms with Crippen LogP contribution in [0.2, 0.25) is 0 Å². The second kappa shape index (κ2) is 5.01. The number of aromatic nitrogens is 2. The smallest absolute Gasteiger partial charge is 0.271 e. The van der Waals surface area contributed by atoms with Gasteiger partial charge in [0.2, 0.25) is 0 Å². The first-order chi connectivity index (χ1) is 9.22. The van der Waals surface area contributed by atoms with Crippen LogP contribution in [0.25, 0.3) is 5.65 Å². The van der Waals surface area contributed by atoms with E-state index in [2.05, 4.69) is 10.3 Å². The molecule has 2 aromatic rings. The molecular formula is C14H17N3O2. The van der Waals surface area contributed by atoms with Gasteiger partial charge in [0, 0.05) is 31.5 Å². The maximum absolute atomic E-state index is 12.0. The summed E-state index contributed by atoms with van der Waals surface area (Å²) in [5.74, 6) is 0.316. The molecule has 1 aliphatic heterocycles. The highest BCUT2D eigenvalue weighted by Crippen LogP contribution is 2.11. The number of ether oxygens (including phenoxy) is 1. The summed E-state index contributed by atoms with van der Waals surface area (Å²) in [6.45, 7) is 4.21. The van der Waals surface area contributed by atoms with Crippen molar-refractivity contribution in [3.05, 3.63) is 35.8 Å². The van der Waals surface area contributed by atoms with Gasteiger partial charge in [0.1, 0.15) is 11.3 Å². The Labute approximate surface area is 111 Å². The Kier molecular flexibility index (Phi) is 3.21. The molecule has 0 saturated carbocycles. The molecule has 0 aromatic carbocycles. The molecule has 0 bridgehead atoms. The Bertz CT molecular complexity index is 600. The summed E-state index contributed by atoms with van der Waals surface area (Å²) in [7, 11) is 0. The molecule has 1 saturated heterocycles. The number of nitrogens with one attached hydrogen (secondary N) is 1. The van der Waals surface area contributed by atoms with Gasteiger partial charge in [-0.3, -0.25) is 4.79 Å². The zero-order valence-corrected chi connectivity index (χ0v) is 10.9.